The highest BCUT2D eigenvalue weighted by Gasteiger charge is 2.10. The Morgan fingerprint density at radius 1 is 1.30 bits per heavy atom. The maximum atomic E-state index is 11.8. The molecule has 0 atom stereocenters. The van der Waals surface area contributed by atoms with Crippen LogP contribution in [0.25, 0.3) is 0 Å². The summed E-state index contributed by atoms with van der Waals surface area (Å²) in [6.45, 7) is 0.135. The summed E-state index contributed by atoms with van der Waals surface area (Å²) in [4.78, 5) is 15.6. The predicted octanol–water partition coefficient (Wildman–Crippen LogP) is 3.75. The van der Waals surface area contributed by atoms with Gasteiger partial charge in [0, 0.05) is 6.20 Å². The van der Waals surface area contributed by atoms with E-state index in [1.54, 1.807) is 13.2 Å². The zero-order chi connectivity index (χ0) is 14.5. The fourth-order valence-corrected chi connectivity index (χ4v) is 1.80. The van der Waals surface area contributed by atoms with E-state index in [1.807, 2.05) is 18.2 Å². The van der Waals surface area contributed by atoms with Gasteiger partial charge in [0.15, 0.2) is 0 Å². The van der Waals surface area contributed by atoms with Gasteiger partial charge >= 0.3 is 5.97 Å². The lowest BCUT2D eigenvalue weighted by Crippen LogP contribution is -2.06. The number of methoxy groups -OCH3 is 1. The van der Waals surface area contributed by atoms with Crippen LogP contribution in [-0.2, 0) is 11.3 Å². The molecule has 2 rings (SSSR count). The number of esters is 1. The Hall–Kier alpha value is -1.78. The summed E-state index contributed by atoms with van der Waals surface area (Å²) in [6, 6.07) is 8.69. The van der Waals surface area contributed by atoms with Crippen LogP contribution >= 0.6 is 23.2 Å². The minimum absolute atomic E-state index is 0.135. The summed E-state index contributed by atoms with van der Waals surface area (Å²) >= 11 is 11.5. The third-order valence-corrected chi connectivity index (χ3v) is 3.22. The predicted molar refractivity (Wildman–Crippen MR) is 76.4 cm³/mol. The molecular weight excluding hydrogens is 301 g/mol. The molecule has 4 nitrogen and oxygen atoms in total. The number of carbonyl (C=O) groups excluding carboxylic acids is 1. The Morgan fingerprint density at radius 3 is 2.80 bits per heavy atom. The average molecular weight is 312 g/mol. The van der Waals surface area contributed by atoms with Gasteiger partial charge < -0.3 is 9.47 Å². The van der Waals surface area contributed by atoms with Gasteiger partial charge in [-0.3, -0.25) is 0 Å². The lowest BCUT2D eigenvalue weighted by atomic mass is 10.2. The van der Waals surface area contributed by atoms with Crippen LogP contribution < -0.4 is 4.74 Å². The number of hydrogen-bond acceptors (Lipinski definition) is 4. The number of ether oxygens (including phenoxy) is 2. The van der Waals surface area contributed by atoms with Gasteiger partial charge in [-0.25, -0.2) is 9.78 Å². The quantitative estimate of drug-likeness (QED) is 0.637. The number of halogens is 2. The SMILES string of the molecule is COc1cccc(COC(=O)c2cnc(Cl)c(Cl)c2)c1. The first-order chi connectivity index (χ1) is 9.60. The van der Waals surface area contributed by atoms with Crippen molar-refractivity contribution < 1.29 is 14.3 Å². The van der Waals surface area contributed by atoms with Gasteiger partial charge in [-0.05, 0) is 23.8 Å². The molecule has 0 saturated carbocycles. The van der Waals surface area contributed by atoms with E-state index in [2.05, 4.69) is 4.98 Å². The molecule has 104 valence electrons. The molecule has 0 radical (unpaired) electrons. The maximum absolute atomic E-state index is 11.8. The summed E-state index contributed by atoms with van der Waals surface area (Å²) in [5.41, 5.74) is 1.08. The molecule has 0 bridgehead atoms. The van der Waals surface area contributed by atoms with Crippen molar-refractivity contribution >= 4 is 29.2 Å². The van der Waals surface area contributed by atoms with Crippen LogP contribution in [0.2, 0.25) is 10.2 Å². The Bertz CT molecular complexity index is 632. The fourth-order valence-electron chi connectivity index (χ4n) is 1.53. The third-order valence-electron chi connectivity index (χ3n) is 2.54. The van der Waals surface area contributed by atoms with E-state index >= 15 is 0 Å². The molecule has 1 aromatic carbocycles. The van der Waals surface area contributed by atoms with E-state index in [4.69, 9.17) is 32.7 Å². The second kappa shape index (κ2) is 6.59. The first-order valence-electron chi connectivity index (χ1n) is 5.71. The van der Waals surface area contributed by atoms with Crippen molar-refractivity contribution in [3.63, 3.8) is 0 Å². The summed E-state index contributed by atoms with van der Waals surface area (Å²) in [6.07, 6.45) is 1.32. The molecule has 1 heterocycles. The number of hydrogen-bond donors (Lipinski definition) is 0. The van der Waals surface area contributed by atoms with Crippen molar-refractivity contribution in [1.82, 2.24) is 4.98 Å². The van der Waals surface area contributed by atoms with Crippen LogP contribution in [-0.4, -0.2) is 18.1 Å². The van der Waals surface area contributed by atoms with Crippen molar-refractivity contribution in [3.8, 4) is 5.75 Å². The second-order valence-corrected chi connectivity index (χ2v) is 4.69. The molecule has 2 aromatic rings. The third kappa shape index (κ3) is 3.62. The van der Waals surface area contributed by atoms with E-state index in [0.29, 0.717) is 5.75 Å². The highest BCUT2D eigenvalue weighted by atomic mass is 35.5. The fraction of sp³-hybridized carbons (Fsp3) is 0.143. The Kier molecular flexibility index (Phi) is 4.82. The van der Waals surface area contributed by atoms with E-state index in [9.17, 15) is 4.79 Å². The Balaban J connectivity index is 2.02. The summed E-state index contributed by atoms with van der Waals surface area (Å²) < 4.78 is 10.3. The van der Waals surface area contributed by atoms with Crippen LogP contribution in [0.4, 0.5) is 0 Å². The van der Waals surface area contributed by atoms with Crippen molar-refractivity contribution in [2.75, 3.05) is 7.11 Å². The number of nitrogens with zero attached hydrogens (tertiary/aromatic N) is 1. The largest absolute Gasteiger partial charge is 0.497 e. The van der Waals surface area contributed by atoms with Crippen molar-refractivity contribution in [1.29, 1.82) is 0 Å². The molecule has 0 saturated heterocycles. The maximum Gasteiger partial charge on any atom is 0.340 e. The van der Waals surface area contributed by atoms with Gasteiger partial charge in [-0.1, -0.05) is 35.3 Å². The molecule has 0 aliphatic rings. The zero-order valence-electron chi connectivity index (χ0n) is 10.6. The van der Waals surface area contributed by atoms with E-state index in [1.165, 1.54) is 12.3 Å². The number of carbonyl (C=O) groups is 1. The lowest BCUT2D eigenvalue weighted by Gasteiger charge is -2.07. The summed E-state index contributed by atoms with van der Waals surface area (Å²) in [5.74, 6) is 0.189. The van der Waals surface area contributed by atoms with Crippen LogP contribution in [0.3, 0.4) is 0 Å². The first-order valence-corrected chi connectivity index (χ1v) is 6.47. The van der Waals surface area contributed by atoms with Crippen LogP contribution in [0.1, 0.15) is 15.9 Å². The highest BCUT2D eigenvalue weighted by Crippen LogP contribution is 2.20. The number of rotatable bonds is 4. The number of pyridine rings is 1. The molecule has 6 heteroatoms. The van der Waals surface area contributed by atoms with Crippen LogP contribution in [0.15, 0.2) is 36.5 Å². The smallest absolute Gasteiger partial charge is 0.340 e. The lowest BCUT2D eigenvalue weighted by molar-refractivity contribution is 0.0472. The van der Waals surface area contributed by atoms with Gasteiger partial charge in [-0.15, -0.1) is 0 Å². The Labute approximate surface area is 126 Å². The molecule has 0 amide bonds. The molecule has 0 unspecified atom stereocenters. The van der Waals surface area contributed by atoms with Gasteiger partial charge in [0.1, 0.15) is 17.5 Å². The van der Waals surface area contributed by atoms with E-state index in [0.717, 1.165) is 5.56 Å². The monoisotopic (exact) mass is 311 g/mol. The molecule has 0 aliphatic carbocycles. The molecule has 1 aromatic heterocycles. The number of benzene rings is 1. The first kappa shape index (κ1) is 14.6. The van der Waals surface area contributed by atoms with Gasteiger partial charge in [0.25, 0.3) is 0 Å². The molecule has 20 heavy (non-hydrogen) atoms. The normalized spacial score (nSPS) is 10.2. The van der Waals surface area contributed by atoms with Crippen molar-refractivity contribution in [3.05, 3.63) is 57.8 Å². The number of aromatic nitrogens is 1. The topological polar surface area (TPSA) is 48.4 Å². The van der Waals surface area contributed by atoms with Gasteiger partial charge in [0.2, 0.25) is 0 Å². The van der Waals surface area contributed by atoms with Gasteiger partial charge in [-0.2, -0.15) is 0 Å². The average Bonchev–Trinajstić information content (AvgIpc) is 2.47. The van der Waals surface area contributed by atoms with E-state index in [-0.39, 0.29) is 22.3 Å². The molecule has 0 N–H and O–H groups in total. The standard InChI is InChI=1S/C14H11Cl2NO3/c1-19-11-4-2-3-9(5-11)8-20-14(18)10-6-12(15)13(16)17-7-10/h2-7H,8H2,1H3. The van der Waals surface area contributed by atoms with E-state index < -0.39 is 5.97 Å². The van der Waals surface area contributed by atoms with Crippen molar-refractivity contribution in [2.45, 2.75) is 6.61 Å². The van der Waals surface area contributed by atoms with Crippen molar-refractivity contribution in [2.24, 2.45) is 0 Å². The summed E-state index contributed by atoms with van der Waals surface area (Å²) in [5, 5.41) is 0.360. The zero-order valence-corrected chi connectivity index (χ0v) is 12.1. The second-order valence-electron chi connectivity index (χ2n) is 3.92. The minimum Gasteiger partial charge on any atom is -0.497 e. The highest BCUT2D eigenvalue weighted by molar-refractivity contribution is 6.41. The van der Waals surface area contributed by atoms with Crippen LogP contribution in [0, 0.1) is 0 Å². The Morgan fingerprint density at radius 2 is 2.10 bits per heavy atom. The molecular formula is C14H11Cl2NO3. The molecule has 0 spiro atoms. The summed E-state index contributed by atoms with van der Waals surface area (Å²) in [7, 11) is 1.58. The molecule has 0 fully saturated rings. The molecule has 0 aliphatic heterocycles. The minimum atomic E-state index is -0.515. The van der Waals surface area contributed by atoms with Crippen LogP contribution in [0.5, 0.6) is 5.75 Å². The van der Waals surface area contributed by atoms with Gasteiger partial charge in [0.05, 0.1) is 17.7 Å².